The van der Waals surface area contributed by atoms with Gasteiger partial charge in [0.2, 0.25) is 23.6 Å². The summed E-state index contributed by atoms with van der Waals surface area (Å²) in [5.74, 6) is -3.84. The van der Waals surface area contributed by atoms with E-state index in [1.54, 1.807) is 0 Å². The molecular weight excluding hydrogens is 410 g/mol. The third-order valence-electron chi connectivity index (χ3n) is 4.92. The molecule has 8 N–H and O–H groups in total. The number of imidazole rings is 1. The van der Waals surface area contributed by atoms with Gasteiger partial charge in [-0.2, -0.15) is 0 Å². The summed E-state index contributed by atoms with van der Waals surface area (Å²) in [6.45, 7) is 1.72. The molecule has 1 fully saturated rings. The lowest BCUT2D eigenvalue weighted by molar-refractivity contribution is -0.149. The van der Waals surface area contributed by atoms with E-state index in [9.17, 15) is 29.1 Å². The standard InChI is InChI=1S/C18H27N7O6/c1-9(17(29)25-4-2-3-13(25)18(30)31)23-16(28)12(5-10-7-21-8-22-10)24-15(27)11(19)6-14(20)26/h7-9,11-13H,2-6,19H2,1H3,(H2,20,26)(H,21,22)(H,23,28)(H,24,27)(H,30,31). The van der Waals surface area contributed by atoms with Gasteiger partial charge in [-0.3, -0.25) is 19.2 Å². The number of primary amides is 1. The van der Waals surface area contributed by atoms with Crippen molar-refractivity contribution in [3.05, 3.63) is 18.2 Å². The van der Waals surface area contributed by atoms with Crippen molar-refractivity contribution < 1.29 is 29.1 Å². The molecule has 4 atom stereocenters. The summed E-state index contributed by atoms with van der Waals surface area (Å²) in [5, 5.41) is 14.2. The molecule has 1 aromatic rings. The Balaban J connectivity index is 2.07. The lowest BCUT2D eigenvalue weighted by atomic mass is 10.1. The molecule has 2 heterocycles. The molecule has 1 saturated heterocycles. The number of aliphatic carboxylic acids is 1. The van der Waals surface area contributed by atoms with Crippen molar-refractivity contribution in [1.82, 2.24) is 25.5 Å². The molecule has 13 heteroatoms. The number of rotatable bonds is 10. The predicted octanol–water partition coefficient (Wildman–Crippen LogP) is -2.78. The topological polar surface area (TPSA) is 214 Å². The minimum atomic E-state index is -1.24. The lowest BCUT2D eigenvalue weighted by Gasteiger charge is -2.27. The first-order chi connectivity index (χ1) is 14.6. The summed E-state index contributed by atoms with van der Waals surface area (Å²) < 4.78 is 0. The fourth-order valence-corrected chi connectivity index (χ4v) is 3.33. The number of likely N-dealkylation sites (tertiary alicyclic amines) is 1. The molecular formula is C18H27N7O6. The highest BCUT2D eigenvalue weighted by molar-refractivity contribution is 5.95. The third-order valence-corrected chi connectivity index (χ3v) is 4.92. The molecule has 1 aliphatic heterocycles. The number of nitrogens with one attached hydrogen (secondary N) is 3. The van der Waals surface area contributed by atoms with E-state index in [-0.39, 0.29) is 13.0 Å². The fourth-order valence-electron chi connectivity index (χ4n) is 3.33. The van der Waals surface area contributed by atoms with Crippen LogP contribution in [-0.2, 0) is 30.4 Å². The molecule has 31 heavy (non-hydrogen) atoms. The van der Waals surface area contributed by atoms with Crippen LogP contribution in [0.4, 0.5) is 0 Å². The van der Waals surface area contributed by atoms with Crippen molar-refractivity contribution in [3.8, 4) is 0 Å². The number of H-pyrrole nitrogens is 1. The van der Waals surface area contributed by atoms with Crippen LogP contribution in [0.25, 0.3) is 0 Å². The Labute approximate surface area is 177 Å². The van der Waals surface area contributed by atoms with Gasteiger partial charge in [0.1, 0.15) is 18.1 Å². The second-order valence-corrected chi connectivity index (χ2v) is 7.38. The summed E-state index contributed by atoms with van der Waals surface area (Å²) in [5.41, 5.74) is 11.2. The summed E-state index contributed by atoms with van der Waals surface area (Å²) >= 11 is 0. The van der Waals surface area contributed by atoms with Crippen LogP contribution in [0.3, 0.4) is 0 Å². The molecule has 170 valence electrons. The van der Waals surface area contributed by atoms with Crippen molar-refractivity contribution >= 4 is 29.6 Å². The normalized spacial score (nSPS) is 18.6. The van der Waals surface area contributed by atoms with Crippen molar-refractivity contribution in [3.63, 3.8) is 0 Å². The van der Waals surface area contributed by atoms with Gasteiger partial charge in [-0.05, 0) is 19.8 Å². The summed E-state index contributed by atoms with van der Waals surface area (Å²) in [4.78, 5) is 68.0. The third kappa shape index (κ3) is 6.50. The van der Waals surface area contributed by atoms with Gasteiger partial charge in [0.25, 0.3) is 0 Å². The molecule has 0 spiro atoms. The highest BCUT2D eigenvalue weighted by Crippen LogP contribution is 2.18. The van der Waals surface area contributed by atoms with Gasteiger partial charge in [0.15, 0.2) is 0 Å². The van der Waals surface area contributed by atoms with Crippen molar-refractivity contribution in [2.75, 3.05) is 6.54 Å². The summed E-state index contributed by atoms with van der Waals surface area (Å²) in [6, 6.07) is -4.32. The highest BCUT2D eigenvalue weighted by Gasteiger charge is 2.37. The maximum atomic E-state index is 12.8. The van der Waals surface area contributed by atoms with Crippen LogP contribution in [0.2, 0.25) is 0 Å². The number of carboxylic acids is 1. The zero-order valence-corrected chi connectivity index (χ0v) is 17.0. The van der Waals surface area contributed by atoms with E-state index in [0.717, 1.165) is 0 Å². The maximum Gasteiger partial charge on any atom is 0.326 e. The highest BCUT2D eigenvalue weighted by atomic mass is 16.4. The Bertz CT molecular complexity index is 827. The first kappa shape index (κ1) is 23.8. The van der Waals surface area contributed by atoms with E-state index in [2.05, 4.69) is 20.6 Å². The van der Waals surface area contributed by atoms with E-state index in [0.29, 0.717) is 18.5 Å². The molecule has 13 nitrogen and oxygen atoms in total. The van der Waals surface area contributed by atoms with Gasteiger partial charge in [-0.25, -0.2) is 9.78 Å². The Morgan fingerprint density at radius 3 is 2.58 bits per heavy atom. The van der Waals surface area contributed by atoms with Gasteiger partial charge >= 0.3 is 5.97 Å². The lowest BCUT2D eigenvalue weighted by Crippen LogP contribution is -2.57. The van der Waals surface area contributed by atoms with Crippen LogP contribution in [0, 0.1) is 0 Å². The van der Waals surface area contributed by atoms with E-state index < -0.39 is 60.2 Å². The van der Waals surface area contributed by atoms with Crippen LogP contribution in [0.1, 0.15) is 31.9 Å². The summed E-state index contributed by atoms with van der Waals surface area (Å²) in [7, 11) is 0. The van der Waals surface area contributed by atoms with Gasteiger partial charge < -0.3 is 37.1 Å². The van der Waals surface area contributed by atoms with E-state index in [1.807, 2.05) is 0 Å². The molecule has 4 unspecified atom stereocenters. The first-order valence-corrected chi connectivity index (χ1v) is 9.75. The largest absolute Gasteiger partial charge is 0.480 e. The fraction of sp³-hybridized carbons (Fsp3) is 0.556. The number of aromatic amines is 1. The van der Waals surface area contributed by atoms with Crippen molar-refractivity contribution in [2.45, 2.75) is 56.8 Å². The van der Waals surface area contributed by atoms with Crippen LogP contribution < -0.4 is 22.1 Å². The molecule has 0 bridgehead atoms. The van der Waals surface area contributed by atoms with Crippen LogP contribution >= 0.6 is 0 Å². The maximum absolute atomic E-state index is 12.8. The van der Waals surface area contributed by atoms with Crippen LogP contribution in [0.5, 0.6) is 0 Å². The average Bonchev–Trinajstić information content (AvgIpc) is 3.37. The number of hydrogen-bond acceptors (Lipinski definition) is 7. The molecule has 1 aromatic heterocycles. The quantitative estimate of drug-likeness (QED) is 0.225. The van der Waals surface area contributed by atoms with Crippen LogP contribution in [-0.4, -0.2) is 80.3 Å². The zero-order chi connectivity index (χ0) is 23.1. The van der Waals surface area contributed by atoms with E-state index in [1.165, 1.54) is 24.3 Å². The Hall–Kier alpha value is -3.48. The SMILES string of the molecule is CC(NC(=O)C(Cc1cnc[nH]1)NC(=O)C(N)CC(N)=O)C(=O)N1CCCC1C(=O)O. The number of nitrogens with zero attached hydrogens (tertiary/aromatic N) is 2. The van der Waals surface area contributed by atoms with Crippen molar-refractivity contribution in [1.29, 1.82) is 0 Å². The number of aromatic nitrogens is 2. The molecule has 0 radical (unpaired) electrons. The Morgan fingerprint density at radius 1 is 1.29 bits per heavy atom. The molecule has 1 aliphatic rings. The number of carbonyl (C=O) groups is 5. The van der Waals surface area contributed by atoms with Gasteiger partial charge in [-0.15, -0.1) is 0 Å². The first-order valence-electron chi connectivity index (χ1n) is 9.75. The number of carbonyl (C=O) groups excluding carboxylic acids is 4. The second kappa shape index (κ2) is 10.5. The number of amides is 4. The van der Waals surface area contributed by atoms with Gasteiger partial charge in [0.05, 0.1) is 18.8 Å². The van der Waals surface area contributed by atoms with Gasteiger partial charge in [0, 0.05) is 24.9 Å². The van der Waals surface area contributed by atoms with Crippen LogP contribution in [0.15, 0.2) is 12.5 Å². The molecule has 4 amide bonds. The Kier molecular flexibility index (Phi) is 8.07. The smallest absolute Gasteiger partial charge is 0.326 e. The van der Waals surface area contributed by atoms with E-state index in [4.69, 9.17) is 11.5 Å². The van der Waals surface area contributed by atoms with Gasteiger partial charge in [-0.1, -0.05) is 0 Å². The number of nitrogens with two attached hydrogens (primary N) is 2. The molecule has 2 rings (SSSR count). The second-order valence-electron chi connectivity index (χ2n) is 7.38. The molecule has 0 aromatic carbocycles. The van der Waals surface area contributed by atoms with E-state index >= 15 is 0 Å². The Morgan fingerprint density at radius 2 is 2.00 bits per heavy atom. The monoisotopic (exact) mass is 437 g/mol. The minimum absolute atomic E-state index is 0.0171. The molecule has 0 saturated carbocycles. The zero-order valence-electron chi connectivity index (χ0n) is 17.0. The van der Waals surface area contributed by atoms with Crippen molar-refractivity contribution in [2.24, 2.45) is 11.5 Å². The molecule has 0 aliphatic carbocycles. The number of hydrogen-bond donors (Lipinski definition) is 6. The summed E-state index contributed by atoms with van der Waals surface area (Å²) in [6.07, 6.45) is 3.38. The number of carboxylic acid groups (broad SMARTS) is 1. The minimum Gasteiger partial charge on any atom is -0.480 e. The predicted molar refractivity (Wildman–Crippen MR) is 106 cm³/mol. The average molecular weight is 437 g/mol.